The molecule has 0 aliphatic heterocycles. The van der Waals surface area contributed by atoms with E-state index in [1.807, 2.05) is 0 Å². The molecule has 1 N–H and O–H groups in total. The SMILES string of the molecule is C=C(C)C(=O)OCCOC(=O)c1ccc(-c2ccc(OC(=O)C(=C)C)cc2)c(C(=O)OCCOC(O)C(=C)C)c1. The van der Waals surface area contributed by atoms with Crippen molar-refractivity contribution in [2.24, 2.45) is 0 Å². The highest BCUT2D eigenvalue weighted by atomic mass is 16.6. The number of carbonyl (C=O) groups is 4. The fourth-order valence-corrected chi connectivity index (χ4v) is 2.98. The maximum atomic E-state index is 13.0. The number of carbonyl (C=O) groups excluding carboxylic acids is 4. The van der Waals surface area contributed by atoms with E-state index in [0.717, 1.165) is 0 Å². The minimum Gasteiger partial charge on any atom is -0.460 e. The first-order valence-electron chi connectivity index (χ1n) is 12.1. The van der Waals surface area contributed by atoms with Crippen molar-refractivity contribution in [3.05, 3.63) is 90.0 Å². The fraction of sp³-hybridized carbons (Fsp3) is 0.267. The Morgan fingerprint density at radius 2 is 1.32 bits per heavy atom. The lowest BCUT2D eigenvalue weighted by Crippen LogP contribution is -2.18. The fourth-order valence-electron chi connectivity index (χ4n) is 2.98. The van der Waals surface area contributed by atoms with Crippen molar-refractivity contribution in [1.29, 1.82) is 0 Å². The van der Waals surface area contributed by atoms with Crippen molar-refractivity contribution in [2.75, 3.05) is 26.4 Å². The summed E-state index contributed by atoms with van der Waals surface area (Å²) in [5, 5.41) is 9.67. The molecule has 1 unspecified atom stereocenters. The number of aliphatic hydroxyl groups excluding tert-OH is 1. The van der Waals surface area contributed by atoms with Gasteiger partial charge < -0.3 is 28.8 Å². The Bertz CT molecular complexity index is 1290. The average molecular weight is 553 g/mol. The lowest BCUT2D eigenvalue weighted by atomic mass is 9.97. The third-order valence-corrected chi connectivity index (χ3v) is 5.11. The molecule has 2 rings (SSSR count). The van der Waals surface area contributed by atoms with Crippen LogP contribution in [0.15, 0.2) is 78.9 Å². The Kier molecular flexibility index (Phi) is 12.0. The highest BCUT2D eigenvalue weighted by Gasteiger charge is 2.19. The van der Waals surface area contributed by atoms with Gasteiger partial charge >= 0.3 is 23.9 Å². The maximum Gasteiger partial charge on any atom is 0.338 e. The third kappa shape index (κ3) is 9.64. The summed E-state index contributed by atoms with van der Waals surface area (Å²) < 4.78 is 25.7. The Balaban J connectivity index is 2.23. The van der Waals surface area contributed by atoms with Gasteiger partial charge in [-0.3, -0.25) is 0 Å². The van der Waals surface area contributed by atoms with Crippen molar-refractivity contribution in [3.8, 4) is 16.9 Å². The van der Waals surface area contributed by atoms with Crippen molar-refractivity contribution in [1.82, 2.24) is 0 Å². The van der Waals surface area contributed by atoms with Crippen LogP contribution in [0.4, 0.5) is 0 Å². The predicted molar refractivity (Wildman–Crippen MR) is 145 cm³/mol. The van der Waals surface area contributed by atoms with E-state index < -0.39 is 30.2 Å². The molecular weight excluding hydrogens is 520 g/mol. The van der Waals surface area contributed by atoms with E-state index in [4.69, 9.17) is 23.7 Å². The first-order valence-corrected chi connectivity index (χ1v) is 12.1. The van der Waals surface area contributed by atoms with E-state index in [0.29, 0.717) is 16.7 Å². The Morgan fingerprint density at radius 1 is 0.750 bits per heavy atom. The summed E-state index contributed by atoms with van der Waals surface area (Å²) in [7, 11) is 0. The van der Waals surface area contributed by atoms with Crippen LogP contribution in [-0.4, -0.2) is 61.7 Å². The van der Waals surface area contributed by atoms with Crippen LogP contribution in [-0.2, 0) is 28.5 Å². The summed E-state index contributed by atoms with van der Waals surface area (Å²) in [6.45, 7) is 14.5. The average Bonchev–Trinajstić information content (AvgIpc) is 2.92. The zero-order valence-corrected chi connectivity index (χ0v) is 22.7. The molecule has 0 aromatic heterocycles. The number of hydrogen-bond acceptors (Lipinski definition) is 10. The summed E-state index contributed by atoms with van der Waals surface area (Å²) >= 11 is 0. The van der Waals surface area contributed by atoms with E-state index in [2.05, 4.69) is 19.7 Å². The molecule has 0 amide bonds. The van der Waals surface area contributed by atoms with Gasteiger partial charge in [0.25, 0.3) is 0 Å². The second kappa shape index (κ2) is 15.2. The smallest absolute Gasteiger partial charge is 0.338 e. The van der Waals surface area contributed by atoms with Crippen LogP contribution in [0, 0.1) is 0 Å². The van der Waals surface area contributed by atoms with Gasteiger partial charge in [-0.25, -0.2) is 19.2 Å². The van der Waals surface area contributed by atoms with Crippen LogP contribution in [0.25, 0.3) is 11.1 Å². The van der Waals surface area contributed by atoms with Crippen molar-refractivity contribution >= 4 is 23.9 Å². The summed E-state index contributed by atoms with van der Waals surface area (Å²) in [6.07, 6.45) is -1.19. The first-order chi connectivity index (χ1) is 18.9. The molecule has 2 aromatic carbocycles. The van der Waals surface area contributed by atoms with E-state index in [9.17, 15) is 24.3 Å². The van der Waals surface area contributed by atoms with Gasteiger partial charge in [0.05, 0.1) is 17.7 Å². The van der Waals surface area contributed by atoms with Crippen molar-refractivity contribution in [3.63, 3.8) is 0 Å². The molecule has 40 heavy (non-hydrogen) atoms. The van der Waals surface area contributed by atoms with Gasteiger partial charge in [0.15, 0.2) is 6.29 Å². The van der Waals surface area contributed by atoms with Crippen molar-refractivity contribution in [2.45, 2.75) is 27.1 Å². The van der Waals surface area contributed by atoms with E-state index in [-0.39, 0.29) is 54.5 Å². The zero-order chi connectivity index (χ0) is 29.8. The second-order valence-electron chi connectivity index (χ2n) is 8.71. The number of benzene rings is 2. The third-order valence-electron chi connectivity index (χ3n) is 5.11. The summed E-state index contributed by atoms with van der Waals surface area (Å²) in [4.78, 5) is 48.9. The van der Waals surface area contributed by atoms with Crippen LogP contribution in [0.3, 0.4) is 0 Å². The molecule has 10 heteroatoms. The Hall–Kier alpha value is -4.54. The number of hydrogen-bond donors (Lipinski definition) is 1. The van der Waals surface area contributed by atoms with E-state index in [1.165, 1.54) is 26.0 Å². The van der Waals surface area contributed by atoms with E-state index in [1.54, 1.807) is 37.3 Å². The Morgan fingerprint density at radius 3 is 1.93 bits per heavy atom. The number of esters is 4. The normalized spacial score (nSPS) is 11.1. The monoisotopic (exact) mass is 552 g/mol. The molecule has 1 atom stereocenters. The Labute approximate surface area is 232 Å². The highest BCUT2D eigenvalue weighted by molar-refractivity contribution is 6.01. The molecule has 0 heterocycles. The molecule has 212 valence electrons. The van der Waals surface area contributed by atoms with Crippen LogP contribution in [0.1, 0.15) is 41.5 Å². The maximum absolute atomic E-state index is 13.0. The van der Waals surface area contributed by atoms with Gasteiger partial charge in [0, 0.05) is 11.1 Å². The molecular formula is C30H32O10. The number of rotatable bonds is 14. The van der Waals surface area contributed by atoms with Gasteiger partial charge in [-0.05, 0) is 61.7 Å². The van der Waals surface area contributed by atoms with Gasteiger partial charge in [-0.2, -0.15) is 0 Å². The van der Waals surface area contributed by atoms with Crippen LogP contribution < -0.4 is 4.74 Å². The van der Waals surface area contributed by atoms with Crippen molar-refractivity contribution < 1.29 is 48.0 Å². The van der Waals surface area contributed by atoms with Gasteiger partial charge in [-0.15, -0.1) is 0 Å². The molecule has 10 nitrogen and oxygen atoms in total. The molecule has 0 saturated carbocycles. The van der Waals surface area contributed by atoms with Gasteiger partial charge in [-0.1, -0.05) is 37.9 Å². The number of aliphatic hydroxyl groups is 1. The lowest BCUT2D eigenvalue weighted by molar-refractivity contribution is -0.140. The topological polar surface area (TPSA) is 135 Å². The minimum absolute atomic E-state index is 0.0512. The number of ether oxygens (including phenoxy) is 5. The molecule has 0 spiro atoms. The van der Waals surface area contributed by atoms with Crippen LogP contribution >= 0.6 is 0 Å². The summed E-state index contributed by atoms with van der Waals surface area (Å²) in [5.74, 6) is -2.41. The lowest BCUT2D eigenvalue weighted by Gasteiger charge is -2.14. The molecule has 0 aliphatic carbocycles. The largest absolute Gasteiger partial charge is 0.460 e. The zero-order valence-electron chi connectivity index (χ0n) is 22.7. The quantitative estimate of drug-likeness (QED) is 0.0692. The minimum atomic E-state index is -1.19. The molecule has 0 saturated heterocycles. The molecule has 0 bridgehead atoms. The van der Waals surface area contributed by atoms with E-state index >= 15 is 0 Å². The first kappa shape index (κ1) is 31.7. The molecule has 0 aliphatic rings. The summed E-state index contributed by atoms with van der Waals surface area (Å²) in [5.41, 5.74) is 1.96. The highest BCUT2D eigenvalue weighted by Crippen LogP contribution is 2.28. The van der Waals surface area contributed by atoms with Crippen LogP contribution in [0.2, 0.25) is 0 Å². The summed E-state index contributed by atoms with van der Waals surface area (Å²) in [6, 6.07) is 10.7. The second-order valence-corrected chi connectivity index (χ2v) is 8.71. The molecule has 0 fully saturated rings. The van der Waals surface area contributed by atoms with Gasteiger partial charge in [0.1, 0.15) is 25.6 Å². The van der Waals surface area contributed by atoms with Crippen LogP contribution in [0.5, 0.6) is 5.75 Å². The molecule has 0 radical (unpaired) electrons. The molecule has 2 aromatic rings. The van der Waals surface area contributed by atoms with Gasteiger partial charge in [0.2, 0.25) is 0 Å². The predicted octanol–water partition coefficient (Wildman–Crippen LogP) is 4.18. The standard InChI is InChI=1S/C30H32O10/c1-18(2)26(31)36-13-15-38-29(34)22-9-12-24(21-7-10-23(11-8-21)40-28(33)20(5)6)25(17-22)30(35)39-16-14-37-27(32)19(3)4/h7-12,17,27,32H,1,3,5,13-16H2,2,4,6H3.